The van der Waals surface area contributed by atoms with Gasteiger partial charge < -0.3 is 15.0 Å². The number of aryl methyl sites for hydroxylation is 1. The molecule has 1 atom stereocenters. The van der Waals surface area contributed by atoms with E-state index in [4.69, 9.17) is 4.74 Å². The number of ether oxygens (including phenoxy) is 1. The van der Waals surface area contributed by atoms with E-state index in [1.165, 1.54) is 4.90 Å². The highest BCUT2D eigenvalue weighted by molar-refractivity contribution is 6.04. The van der Waals surface area contributed by atoms with Crippen LogP contribution in [0.25, 0.3) is 0 Å². The molecule has 0 aromatic heterocycles. The molecule has 6 heteroatoms. The minimum Gasteiger partial charge on any atom is -0.495 e. The zero-order chi connectivity index (χ0) is 18.7. The van der Waals surface area contributed by atoms with Crippen molar-refractivity contribution in [1.82, 2.24) is 0 Å². The first-order valence-corrected chi connectivity index (χ1v) is 8.28. The lowest BCUT2D eigenvalue weighted by Gasteiger charge is -2.18. The molecule has 0 saturated carbocycles. The third-order valence-electron chi connectivity index (χ3n) is 4.42. The average molecular weight is 349 g/mol. The summed E-state index contributed by atoms with van der Waals surface area (Å²) in [4.78, 5) is 26.6. The second-order valence-corrected chi connectivity index (χ2v) is 6.23. The van der Waals surface area contributed by atoms with Crippen molar-refractivity contribution in [3.63, 3.8) is 0 Å². The molecule has 0 aliphatic carbocycles. The van der Waals surface area contributed by atoms with E-state index in [0.29, 0.717) is 22.7 Å². The van der Waals surface area contributed by atoms with Gasteiger partial charge in [0.1, 0.15) is 11.8 Å². The van der Waals surface area contributed by atoms with E-state index in [1.54, 1.807) is 37.4 Å². The zero-order valence-corrected chi connectivity index (χ0v) is 14.7. The number of nitrogens with zero attached hydrogens (tertiary/aromatic N) is 2. The van der Waals surface area contributed by atoms with Crippen LogP contribution in [-0.4, -0.2) is 25.5 Å². The van der Waals surface area contributed by atoms with Crippen LogP contribution >= 0.6 is 0 Å². The fourth-order valence-corrected chi connectivity index (χ4v) is 3.07. The van der Waals surface area contributed by atoms with Crippen LogP contribution in [0.4, 0.5) is 11.4 Å². The van der Waals surface area contributed by atoms with Crippen molar-refractivity contribution < 1.29 is 14.3 Å². The van der Waals surface area contributed by atoms with Gasteiger partial charge >= 0.3 is 0 Å². The molecule has 26 heavy (non-hydrogen) atoms. The number of para-hydroxylation sites is 1. The quantitative estimate of drug-likeness (QED) is 0.920. The van der Waals surface area contributed by atoms with Gasteiger partial charge in [-0.25, -0.2) is 0 Å². The lowest BCUT2D eigenvalue weighted by molar-refractivity contribution is -0.122. The van der Waals surface area contributed by atoms with Crippen LogP contribution in [-0.2, 0) is 9.59 Å². The van der Waals surface area contributed by atoms with Crippen molar-refractivity contribution in [3.8, 4) is 11.8 Å². The van der Waals surface area contributed by atoms with Crippen molar-refractivity contribution in [2.24, 2.45) is 5.92 Å². The van der Waals surface area contributed by atoms with E-state index in [2.05, 4.69) is 11.4 Å². The minimum atomic E-state index is -0.487. The van der Waals surface area contributed by atoms with Gasteiger partial charge in [0.25, 0.3) is 0 Å². The second-order valence-electron chi connectivity index (χ2n) is 6.23. The first-order valence-electron chi connectivity index (χ1n) is 8.28. The Kier molecular flexibility index (Phi) is 4.90. The highest BCUT2D eigenvalue weighted by Gasteiger charge is 2.36. The van der Waals surface area contributed by atoms with Crippen LogP contribution in [0.3, 0.4) is 0 Å². The lowest BCUT2D eigenvalue weighted by atomic mass is 10.1. The largest absolute Gasteiger partial charge is 0.495 e. The molecule has 0 spiro atoms. The molecule has 1 unspecified atom stereocenters. The second kappa shape index (κ2) is 7.28. The van der Waals surface area contributed by atoms with Gasteiger partial charge in [0.2, 0.25) is 11.8 Å². The van der Waals surface area contributed by atoms with E-state index in [1.807, 2.05) is 19.1 Å². The first-order chi connectivity index (χ1) is 12.5. The Hall–Kier alpha value is -3.33. The number of methoxy groups -OCH3 is 1. The van der Waals surface area contributed by atoms with Crippen molar-refractivity contribution in [2.45, 2.75) is 13.3 Å². The maximum absolute atomic E-state index is 12.7. The van der Waals surface area contributed by atoms with Crippen molar-refractivity contribution >= 4 is 23.2 Å². The van der Waals surface area contributed by atoms with Gasteiger partial charge in [-0.1, -0.05) is 18.2 Å². The third-order valence-corrected chi connectivity index (χ3v) is 4.42. The van der Waals surface area contributed by atoms with Gasteiger partial charge in [0.05, 0.1) is 30.0 Å². The van der Waals surface area contributed by atoms with Gasteiger partial charge in [-0.3, -0.25) is 9.59 Å². The number of hydrogen-bond donors (Lipinski definition) is 1. The molecule has 1 fully saturated rings. The monoisotopic (exact) mass is 349 g/mol. The van der Waals surface area contributed by atoms with Crippen LogP contribution in [0, 0.1) is 24.2 Å². The topological polar surface area (TPSA) is 82.4 Å². The van der Waals surface area contributed by atoms with Crippen LogP contribution < -0.4 is 15.0 Å². The molecule has 0 radical (unpaired) electrons. The summed E-state index contributed by atoms with van der Waals surface area (Å²) in [6.07, 6.45) is 0.111. The zero-order valence-electron chi connectivity index (χ0n) is 14.7. The highest BCUT2D eigenvalue weighted by atomic mass is 16.5. The van der Waals surface area contributed by atoms with Crippen molar-refractivity contribution in [3.05, 3.63) is 53.6 Å². The summed E-state index contributed by atoms with van der Waals surface area (Å²) in [5.41, 5.74) is 2.54. The summed E-state index contributed by atoms with van der Waals surface area (Å²) in [7, 11) is 1.54. The van der Waals surface area contributed by atoms with E-state index in [-0.39, 0.29) is 24.8 Å². The van der Waals surface area contributed by atoms with Crippen LogP contribution in [0.1, 0.15) is 17.5 Å². The van der Waals surface area contributed by atoms with E-state index >= 15 is 0 Å². The predicted molar refractivity (Wildman–Crippen MR) is 98.0 cm³/mol. The van der Waals surface area contributed by atoms with Gasteiger partial charge in [0.15, 0.2) is 0 Å². The molecule has 0 bridgehead atoms. The Bertz CT molecular complexity index is 901. The Morgan fingerprint density at radius 2 is 2.08 bits per heavy atom. The normalized spacial score (nSPS) is 16.3. The number of anilines is 2. The first kappa shape index (κ1) is 17.5. The number of amides is 2. The molecule has 1 N–H and O–H groups in total. The number of carbonyl (C=O) groups is 2. The molecular formula is C20H19N3O3. The number of nitrogens with one attached hydrogen (secondary N) is 1. The Balaban J connectivity index is 1.78. The summed E-state index contributed by atoms with van der Waals surface area (Å²) in [6, 6.07) is 14.5. The number of benzene rings is 2. The average Bonchev–Trinajstić information content (AvgIpc) is 3.03. The molecule has 1 heterocycles. The summed E-state index contributed by atoms with van der Waals surface area (Å²) < 4.78 is 5.28. The fraction of sp³-hybridized carbons (Fsp3) is 0.250. The van der Waals surface area contributed by atoms with Crippen LogP contribution in [0.2, 0.25) is 0 Å². The van der Waals surface area contributed by atoms with E-state index < -0.39 is 5.92 Å². The molecule has 1 aliphatic rings. The Labute approximate surface area is 152 Å². The summed E-state index contributed by atoms with van der Waals surface area (Å²) >= 11 is 0. The number of carbonyl (C=O) groups excluding carboxylic acids is 2. The smallest absolute Gasteiger partial charge is 0.229 e. The maximum Gasteiger partial charge on any atom is 0.229 e. The maximum atomic E-state index is 12.7. The number of nitriles is 1. The van der Waals surface area contributed by atoms with Gasteiger partial charge in [0, 0.05) is 13.0 Å². The van der Waals surface area contributed by atoms with Crippen LogP contribution in [0.15, 0.2) is 42.5 Å². The standard InChI is InChI=1S/C20H19N3O3/c1-13-7-8-18(26-2)16(9-13)22-20(25)15-10-19(24)23(12-15)17-6-4-3-5-14(17)11-21/h3-9,15H,10,12H2,1-2H3,(H,22,25). The fourth-order valence-electron chi connectivity index (χ4n) is 3.07. The van der Waals surface area contributed by atoms with Gasteiger partial charge in [-0.15, -0.1) is 0 Å². The molecule has 2 aromatic rings. The summed E-state index contributed by atoms with van der Waals surface area (Å²) in [5, 5.41) is 12.1. The Morgan fingerprint density at radius 3 is 2.81 bits per heavy atom. The molecule has 1 aliphatic heterocycles. The third kappa shape index (κ3) is 3.38. The molecule has 3 rings (SSSR count). The summed E-state index contributed by atoms with van der Waals surface area (Å²) in [5.74, 6) is -0.317. The van der Waals surface area contributed by atoms with Crippen molar-refractivity contribution in [2.75, 3.05) is 23.9 Å². The lowest BCUT2D eigenvalue weighted by Crippen LogP contribution is -2.28. The molecular weight excluding hydrogens is 330 g/mol. The van der Waals surface area contributed by atoms with E-state index in [0.717, 1.165) is 5.56 Å². The molecule has 6 nitrogen and oxygen atoms in total. The SMILES string of the molecule is COc1ccc(C)cc1NC(=O)C1CC(=O)N(c2ccccc2C#N)C1. The Morgan fingerprint density at radius 1 is 1.31 bits per heavy atom. The number of hydrogen-bond acceptors (Lipinski definition) is 4. The highest BCUT2D eigenvalue weighted by Crippen LogP contribution is 2.30. The molecule has 2 aromatic carbocycles. The van der Waals surface area contributed by atoms with Crippen molar-refractivity contribution in [1.29, 1.82) is 5.26 Å². The summed E-state index contributed by atoms with van der Waals surface area (Å²) in [6.45, 7) is 2.17. The van der Waals surface area contributed by atoms with E-state index in [9.17, 15) is 14.9 Å². The molecule has 132 valence electrons. The molecule has 1 saturated heterocycles. The predicted octanol–water partition coefficient (Wildman–Crippen LogP) is 2.87. The number of rotatable bonds is 4. The molecule has 2 amide bonds. The van der Waals surface area contributed by atoms with Gasteiger partial charge in [-0.2, -0.15) is 5.26 Å². The minimum absolute atomic E-state index is 0.111. The van der Waals surface area contributed by atoms with Gasteiger partial charge in [-0.05, 0) is 36.8 Å². The van der Waals surface area contributed by atoms with Crippen LogP contribution in [0.5, 0.6) is 5.75 Å².